The first-order valence-corrected chi connectivity index (χ1v) is 10.1. The molecule has 4 heterocycles. The third-order valence-corrected chi connectivity index (χ3v) is 5.59. The van der Waals surface area contributed by atoms with Gasteiger partial charge in [0.25, 0.3) is 0 Å². The lowest BCUT2D eigenvalue weighted by Gasteiger charge is -2.09. The minimum atomic E-state index is -0.0881. The lowest BCUT2D eigenvalue weighted by Crippen LogP contribution is -2.23. The Bertz CT molecular complexity index is 1460. The van der Waals surface area contributed by atoms with Crippen LogP contribution in [0, 0.1) is 6.92 Å². The van der Waals surface area contributed by atoms with E-state index in [2.05, 4.69) is 9.97 Å². The van der Waals surface area contributed by atoms with Crippen LogP contribution < -0.4 is 10.4 Å². The predicted molar refractivity (Wildman–Crippen MR) is 119 cm³/mol. The summed E-state index contributed by atoms with van der Waals surface area (Å²) in [6.07, 6.45) is 3.98. The zero-order valence-electron chi connectivity index (χ0n) is 17.6. The van der Waals surface area contributed by atoms with E-state index in [1.165, 1.54) is 0 Å². The van der Waals surface area contributed by atoms with Crippen LogP contribution in [0.5, 0.6) is 5.75 Å². The highest BCUT2D eigenvalue weighted by atomic mass is 16.5. The highest BCUT2D eigenvalue weighted by Gasteiger charge is 2.19. The normalized spacial score (nSPS) is 11.5. The van der Waals surface area contributed by atoms with Crippen LogP contribution in [-0.4, -0.2) is 35.8 Å². The van der Waals surface area contributed by atoms with Crippen LogP contribution in [0.2, 0.25) is 0 Å². The molecule has 0 aliphatic heterocycles. The Hall–Kier alpha value is -3.94. The number of fused-ring (bicyclic) bond motifs is 2. The monoisotopic (exact) mass is 414 g/mol. The number of nitrogens with zero attached hydrogens (tertiary/aromatic N) is 6. The number of aryl methyl sites for hydroxylation is 4. The molecule has 5 rings (SSSR count). The summed E-state index contributed by atoms with van der Waals surface area (Å²) in [7, 11) is 3.41. The van der Waals surface area contributed by atoms with Crippen molar-refractivity contribution in [1.82, 2.24) is 28.7 Å². The maximum Gasteiger partial charge on any atom is 0.330 e. The predicted octanol–water partition coefficient (Wildman–Crippen LogP) is 3.03. The molecule has 0 N–H and O–H groups in total. The molecule has 1 aromatic carbocycles. The van der Waals surface area contributed by atoms with Crippen LogP contribution in [-0.2, 0) is 20.0 Å². The number of imidazole rings is 2. The van der Waals surface area contributed by atoms with Crippen molar-refractivity contribution in [2.24, 2.45) is 7.05 Å². The van der Waals surface area contributed by atoms with Gasteiger partial charge in [-0.2, -0.15) is 0 Å². The second-order valence-electron chi connectivity index (χ2n) is 7.43. The van der Waals surface area contributed by atoms with E-state index in [1.807, 2.05) is 47.9 Å². The topological polar surface area (TPSA) is 79.8 Å². The lowest BCUT2D eigenvalue weighted by atomic mass is 10.2. The molecule has 8 nitrogen and oxygen atoms in total. The van der Waals surface area contributed by atoms with Crippen molar-refractivity contribution >= 4 is 22.3 Å². The van der Waals surface area contributed by atoms with E-state index in [9.17, 15) is 4.79 Å². The largest absolute Gasteiger partial charge is 0.494 e. The first-order valence-electron chi connectivity index (χ1n) is 10.1. The van der Waals surface area contributed by atoms with Crippen LogP contribution >= 0.6 is 0 Å². The molecule has 0 unspecified atom stereocenters. The number of benzene rings is 1. The average Bonchev–Trinajstić information content (AvgIpc) is 3.28. The first-order chi connectivity index (χ1) is 15.1. The molecule has 156 valence electrons. The molecule has 4 aromatic heterocycles. The molecule has 0 spiro atoms. The number of hydrogen-bond donors (Lipinski definition) is 0. The summed E-state index contributed by atoms with van der Waals surface area (Å²) in [5.41, 5.74) is 4.85. The van der Waals surface area contributed by atoms with Crippen molar-refractivity contribution in [3.63, 3.8) is 0 Å². The molecule has 0 amide bonds. The molecule has 0 atom stereocenters. The number of rotatable bonds is 5. The fourth-order valence-corrected chi connectivity index (χ4v) is 4.11. The fourth-order valence-electron chi connectivity index (χ4n) is 4.11. The summed E-state index contributed by atoms with van der Waals surface area (Å²) < 4.78 is 10.9. The molecule has 5 aromatic rings. The van der Waals surface area contributed by atoms with Crippen LogP contribution in [0.3, 0.4) is 0 Å². The Balaban J connectivity index is 1.64. The van der Waals surface area contributed by atoms with Gasteiger partial charge in [-0.25, -0.2) is 19.7 Å². The van der Waals surface area contributed by atoms with Gasteiger partial charge in [-0.15, -0.1) is 0 Å². The second-order valence-corrected chi connectivity index (χ2v) is 7.43. The zero-order chi connectivity index (χ0) is 21.5. The van der Waals surface area contributed by atoms with Gasteiger partial charge in [-0.1, -0.05) is 18.2 Å². The number of ether oxygens (including phenoxy) is 1. The lowest BCUT2D eigenvalue weighted by molar-refractivity contribution is 0.418. The summed E-state index contributed by atoms with van der Waals surface area (Å²) in [6, 6.07) is 13.7. The minimum absolute atomic E-state index is 0.0881. The van der Waals surface area contributed by atoms with Crippen molar-refractivity contribution in [3.05, 3.63) is 76.7 Å². The van der Waals surface area contributed by atoms with E-state index in [0.29, 0.717) is 29.9 Å². The molecule has 0 bridgehead atoms. The second kappa shape index (κ2) is 7.39. The van der Waals surface area contributed by atoms with Gasteiger partial charge in [0.1, 0.15) is 11.6 Å². The van der Waals surface area contributed by atoms with E-state index in [4.69, 9.17) is 9.72 Å². The third kappa shape index (κ3) is 2.99. The summed E-state index contributed by atoms with van der Waals surface area (Å²) in [5, 5.41) is 0. The molecule has 31 heavy (non-hydrogen) atoms. The van der Waals surface area contributed by atoms with Crippen molar-refractivity contribution in [2.75, 3.05) is 7.11 Å². The maximum atomic E-state index is 12.9. The summed E-state index contributed by atoms with van der Waals surface area (Å²) in [6.45, 7) is 2.44. The molecular weight excluding hydrogens is 392 g/mol. The summed E-state index contributed by atoms with van der Waals surface area (Å²) in [4.78, 5) is 26.8. The van der Waals surface area contributed by atoms with Gasteiger partial charge in [0.2, 0.25) is 0 Å². The van der Waals surface area contributed by atoms with Gasteiger partial charge >= 0.3 is 5.69 Å². The molecule has 8 heteroatoms. The van der Waals surface area contributed by atoms with Crippen LogP contribution in [0.4, 0.5) is 0 Å². The standard InChI is InChI=1S/C23H22N6O2/c1-15-9-12-25-22-20(15)27(2)23(30)28(22)14-11-18-26-19-17(31-3)10-13-24-21(19)29(18)16-7-5-4-6-8-16/h4-10,12-13H,11,14H2,1-3H3. The Morgan fingerprint density at radius 2 is 1.74 bits per heavy atom. The number of pyridine rings is 2. The smallest absolute Gasteiger partial charge is 0.330 e. The zero-order valence-corrected chi connectivity index (χ0v) is 17.6. The number of aromatic nitrogens is 6. The quantitative estimate of drug-likeness (QED) is 0.442. The molecule has 0 saturated heterocycles. The Morgan fingerprint density at radius 3 is 2.52 bits per heavy atom. The van der Waals surface area contributed by atoms with E-state index in [0.717, 1.165) is 28.2 Å². The molecule has 0 aliphatic rings. The van der Waals surface area contributed by atoms with Gasteiger partial charge in [0, 0.05) is 44.2 Å². The SMILES string of the molecule is COc1ccnc2c1nc(CCn1c(=O)n(C)c3c(C)ccnc31)n2-c1ccccc1. The Kier molecular flexibility index (Phi) is 4.54. The molecule has 0 aliphatic carbocycles. The minimum Gasteiger partial charge on any atom is -0.494 e. The highest BCUT2D eigenvalue weighted by Crippen LogP contribution is 2.27. The molecular formula is C23H22N6O2. The molecule has 0 saturated carbocycles. The Labute approximate surface area is 178 Å². The van der Waals surface area contributed by atoms with Crippen LogP contribution in [0.25, 0.3) is 28.0 Å². The van der Waals surface area contributed by atoms with Crippen LogP contribution in [0.15, 0.2) is 59.7 Å². The van der Waals surface area contributed by atoms with Crippen LogP contribution in [0.1, 0.15) is 11.4 Å². The van der Waals surface area contributed by atoms with E-state index >= 15 is 0 Å². The third-order valence-electron chi connectivity index (χ3n) is 5.59. The van der Waals surface area contributed by atoms with Crippen molar-refractivity contribution < 1.29 is 4.74 Å². The van der Waals surface area contributed by atoms with Gasteiger partial charge < -0.3 is 4.74 Å². The summed E-state index contributed by atoms with van der Waals surface area (Å²) in [5.74, 6) is 1.47. The van der Waals surface area contributed by atoms with Gasteiger partial charge in [-0.05, 0) is 30.7 Å². The van der Waals surface area contributed by atoms with E-state index in [1.54, 1.807) is 41.8 Å². The molecule has 0 fully saturated rings. The van der Waals surface area contributed by atoms with Gasteiger partial charge in [-0.3, -0.25) is 13.7 Å². The van der Waals surface area contributed by atoms with Gasteiger partial charge in [0.15, 0.2) is 16.8 Å². The maximum absolute atomic E-state index is 12.9. The first kappa shape index (κ1) is 19.0. The van der Waals surface area contributed by atoms with Gasteiger partial charge in [0.05, 0.1) is 12.6 Å². The van der Waals surface area contributed by atoms with Crippen molar-refractivity contribution in [3.8, 4) is 11.4 Å². The fraction of sp³-hybridized carbons (Fsp3) is 0.217. The number of hydrogen-bond acceptors (Lipinski definition) is 5. The average molecular weight is 414 g/mol. The highest BCUT2D eigenvalue weighted by molar-refractivity contribution is 5.80. The van der Waals surface area contributed by atoms with E-state index < -0.39 is 0 Å². The number of methoxy groups -OCH3 is 1. The molecule has 0 radical (unpaired) electrons. The van der Waals surface area contributed by atoms with Crippen molar-refractivity contribution in [1.29, 1.82) is 0 Å². The Morgan fingerprint density at radius 1 is 1.00 bits per heavy atom. The van der Waals surface area contributed by atoms with Crippen molar-refractivity contribution in [2.45, 2.75) is 19.9 Å². The van der Waals surface area contributed by atoms with E-state index in [-0.39, 0.29) is 5.69 Å². The number of para-hydroxylation sites is 1. The summed E-state index contributed by atoms with van der Waals surface area (Å²) >= 11 is 0.